The molecule has 1 aliphatic heterocycles. The van der Waals surface area contributed by atoms with Gasteiger partial charge in [0.1, 0.15) is 0 Å². The van der Waals surface area contributed by atoms with Gasteiger partial charge in [0, 0.05) is 24.0 Å². The van der Waals surface area contributed by atoms with Gasteiger partial charge in [0.05, 0.1) is 11.6 Å². The molecule has 0 radical (unpaired) electrons. The summed E-state index contributed by atoms with van der Waals surface area (Å²) in [5.74, 6) is -0.240. The Morgan fingerprint density at radius 1 is 1.41 bits per heavy atom. The Balaban J connectivity index is 1.97. The van der Waals surface area contributed by atoms with Gasteiger partial charge in [0.25, 0.3) is 0 Å². The van der Waals surface area contributed by atoms with Crippen LogP contribution in [0.25, 0.3) is 0 Å². The maximum Gasteiger partial charge on any atom is 0.227 e. The topological polar surface area (TPSA) is 49.4 Å². The van der Waals surface area contributed by atoms with E-state index in [1.807, 2.05) is 25.1 Å². The zero-order valence-electron chi connectivity index (χ0n) is 13.2. The zero-order chi connectivity index (χ0) is 16.1. The smallest absolute Gasteiger partial charge is 0.227 e. The van der Waals surface area contributed by atoms with Crippen LogP contribution in [0.15, 0.2) is 22.7 Å². The molecule has 0 spiro atoms. The molecule has 22 heavy (non-hydrogen) atoms. The fourth-order valence-corrected chi connectivity index (χ4v) is 3.39. The number of nitrogens with zero attached hydrogens (tertiary/aromatic N) is 1. The molecule has 1 fully saturated rings. The van der Waals surface area contributed by atoms with E-state index in [0.717, 1.165) is 35.0 Å². The van der Waals surface area contributed by atoms with Crippen LogP contribution in [0.2, 0.25) is 0 Å². The van der Waals surface area contributed by atoms with Gasteiger partial charge in [-0.25, -0.2) is 0 Å². The van der Waals surface area contributed by atoms with E-state index in [1.165, 1.54) is 0 Å². The number of hydrogen-bond donors (Lipinski definition) is 1. The number of carbonyl (C=O) groups is 2. The maximum atomic E-state index is 12.2. The van der Waals surface area contributed by atoms with Gasteiger partial charge in [-0.1, -0.05) is 25.8 Å². The highest BCUT2D eigenvalue weighted by molar-refractivity contribution is 9.10. The second kappa shape index (κ2) is 7.77. The molecule has 0 aliphatic carbocycles. The van der Waals surface area contributed by atoms with Gasteiger partial charge >= 0.3 is 0 Å². The Bertz CT molecular complexity index is 560. The Hall–Kier alpha value is -1.36. The van der Waals surface area contributed by atoms with Crippen LogP contribution in [0.4, 0.5) is 5.69 Å². The molecular formula is C17H23BrN2O2. The molecule has 1 aliphatic rings. The Labute approximate surface area is 140 Å². The zero-order valence-corrected chi connectivity index (χ0v) is 14.8. The fourth-order valence-electron chi connectivity index (χ4n) is 2.68. The molecule has 1 unspecified atom stereocenters. The SMILES string of the molecule is CCCCCNC(=O)C1CC(=O)N(c2ccc(C)cc2Br)C1. The van der Waals surface area contributed by atoms with Gasteiger partial charge in [-0.15, -0.1) is 0 Å². The van der Waals surface area contributed by atoms with E-state index < -0.39 is 0 Å². The van der Waals surface area contributed by atoms with Crippen molar-refractivity contribution < 1.29 is 9.59 Å². The highest BCUT2D eigenvalue weighted by Gasteiger charge is 2.35. The van der Waals surface area contributed by atoms with E-state index in [1.54, 1.807) is 4.90 Å². The van der Waals surface area contributed by atoms with Crippen LogP contribution in [0.5, 0.6) is 0 Å². The van der Waals surface area contributed by atoms with Gasteiger partial charge in [0.2, 0.25) is 11.8 Å². The Kier molecular flexibility index (Phi) is 6.00. The van der Waals surface area contributed by atoms with Gasteiger partial charge in [0.15, 0.2) is 0 Å². The number of hydrogen-bond acceptors (Lipinski definition) is 2. The molecule has 0 aromatic heterocycles. The summed E-state index contributed by atoms with van der Waals surface area (Å²) < 4.78 is 0.893. The third kappa shape index (κ3) is 4.09. The van der Waals surface area contributed by atoms with E-state index >= 15 is 0 Å². The van der Waals surface area contributed by atoms with Crippen LogP contribution in [0.3, 0.4) is 0 Å². The van der Waals surface area contributed by atoms with Crippen LogP contribution in [-0.4, -0.2) is 24.9 Å². The first kappa shape index (κ1) is 17.0. The van der Waals surface area contributed by atoms with Crippen molar-refractivity contribution >= 4 is 33.4 Å². The molecule has 1 heterocycles. The minimum atomic E-state index is -0.248. The van der Waals surface area contributed by atoms with Gasteiger partial charge in [-0.05, 0) is 47.0 Å². The predicted molar refractivity (Wildman–Crippen MR) is 91.9 cm³/mol. The summed E-state index contributed by atoms with van der Waals surface area (Å²) in [4.78, 5) is 26.1. The predicted octanol–water partition coefficient (Wildman–Crippen LogP) is 3.42. The largest absolute Gasteiger partial charge is 0.356 e. The van der Waals surface area contributed by atoms with Crippen LogP contribution < -0.4 is 10.2 Å². The number of carbonyl (C=O) groups excluding carboxylic acids is 2. The average molecular weight is 367 g/mol. The minimum Gasteiger partial charge on any atom is -0.356 e. The summed E-state index contributed by atoms with van der Waals surface area (Å²) in [6.45, 7) is 5.30. The number of anilines is 1. The highest BCUT2D eigenvalue weighted by atomic mass is 79.9. The van der Waals surface area contributed by atoms with E-state index in [0.29, 0.717) is 19.5 Å². The van der Waals surface area contributed by atoms with E-state index in [4.69, 9.17) is 0 Å². The number of nitrogens with one attached hydrogen (secondary N) is 1. The second-order valence-corrected chi connectivity index (χ2v) is 6.71. The Morgan fingerprint density at radius 3 is 2.86 bits per heavy atom. The number of amides is 2. The number of halogens is 1. The molecule has 1 aromatic carbocycles. The molecule has 1 aromatic rings. The molecular weight excluding hydrogens is 344 g/mol. The maximum absolute atomic E-state index is 12.2. The first-order valence-electron chi connectivity index (χ1n) is 7.87. The quantitative estimate of drug-likeness (QED) is 0.784. The van der Waals surface area contributed by atoms with Crippen LogP contribution in [0.1, 0.15) is 38.2 Å². The molecule has 1 saturated heterocycles. The summed E-state index contributed by atoms with van der Waals surface area (Å²) in [7, 11) is 0. The third-order valence-corrected chi connectivity index (χ3v) is 4.60. The van der Waals surface area contributed by atoms with Crippen LogP contribution >= 0.6 is 15.9 Å². The summed E-state index contributed by atoms with van der Waals surface area (Å²) in [6.07, 6.45) is 3.54. The van der Waals surface area contributed by atoms with Crippen molar-refractivity contribution in [1.29, 1.82) is 0 Å². The lowest BCUT2D eigenvalue weighted by atomic mass is 10.1. The lowest BCUT2D eigenvalue weighted by Gasteiger charge is -2.18. The van der Waals surface area contributed by atoms with Crippen molar-refractivity contribution in [3.63, 3.8) is 0 Å². The molecule has 2 rings (SSSR count). The molecule has 1 atom stereocenters. The average Bonchev–Trinajstić information content (AvgIpc) is 2.85. The van der Waals surface area contributed by atoms with Crippen molar-refractivity contribution in [1.82, 2.24) is 5.32 Å². The van der Waals surface area contributed by atoms with Crippen molar-refractivity contribution in [3.05, 3.63) is 28.2 Å². The number of unbranched alkanes of at least 4 members (excludes halogenated alkanes) is 2. The highest BCUT2D eigenvalue weighted by Crippen LogP contribution is 2.32. The molecule has 2 amide bonds. The molecule has 4 nitrogen and oxygen atoms in total. The third-order valence-electron chi connectivity index (χ3n) is 3.97. The summed E-state index contributed by atoms with van der Waals surface area (Å²) in [6, 6.07) is 5.89. The summed E-state index contributed by atoms with van der Waals surface area (Å²) in [5.41, 5.74) is 1.98. The van der Waals surface area contributed by atoms with Crippen molar-refractivity contribution in [3.8, 4) is 0 Å². The number of benzene rings is 1. The molecule has 0 bridgehead atoms. The fraction of sp³-hybridized carbons (Fsp3) is 0.529. The molecule has 5 heteroatoms. The van der Waals surface area contributed by atoms with Gasteiger partial charge < -0.3 is 10.2 Å². The van der Waals surface area contributed by atoms with E-state index in [2.05, 4.69) is 28.2 Å². The van der Waals surface area contributed by atoms with Gasteiger partial charge in [-0.2, -0.15) is 0 Å². The lowest BCUT2D eigenvalue weighted by Crippen LogP contribution is -2.33. The second-order valence-electron chi connectivity index (χ2n) is 5.86. The van der Waals surface area contributed by atoms with Gasteiger partial charge in [-0.3, -0.25) is 9.59 Å². The Morgan fingerprint density at radius 2 is 2.18 bits per heavy atom. The minimum absolute atomic E-state index is 0.00446. The van der Waals surface area contributed by atoms with E-state index in [9.17, 15) is 9.59 Å². The van der Waals surface area contributed by atoms with Crippen LogP contribution in [0, 0.1) is 12.8 Å². The monoisotopic (exact) mass is 366 g/mol. The first-order chi connectivity index (χ1) is 10.5. The first-order valence-corrected chi connectivity index (χ1v) is 8.66. The van der Waals surface area contributed by atoms with Crippen molar-refractivity contribution in [2.45, 2.75) is 39.5 Å². The number of rotatable bonds is 6. The number of aryl methyl sites for hydroxylation is 1. The van der Waals surface area contributed by atoms with E-state index in [-0.39, 0.29) is 17.7 Å². The standard InChI is InChI=1S/C17H23BrN2O2/c1-3-4-5-8-19-17(22)13-10-16(21)20(11-13)15-7-6-12(2)9-14(15)18/h6-7,9,13H,3-5,8,10-11H2,1-2H3,(H,19,22). The van der Waals surface area contributed by atoms with Crippen molar-refractivity contribution in [2.24, 2.45) is 5.92 Å². The summed E-state index contributed by atoms with van der Waals surface area (Å²) >= 11 is 3.51. The normalized spacial score (nSPS) is 17.9. The van der Waals surface area contributed by atoms with Crippen LogP contribution in [-0.2, 0) is 9.59 Å². The molecule has 120 valence electrons. The molecule has 0 saturated carbocycles. The lowest BCUT2D eigenvalue weighted by molar-refractivity contribution is -0.126. The molecule has 1 N–H and O–H groups in total. The van der Waals surface area contributed by atoms with Crippen molar-refractivity contribution in [2.75, 3.05) is 18.0 Å². The summed E-state index contributed by atoms with van der Waals surface area (Å²) in [5, 5.41) is 2.95.